The SMILES string of the molecule is C=C(C(=O)OCC)c1ccc(CC(C)C)cc1. The highest BCUT2D eigenvalue weighted by atomic mass is 16.5. The first-order valence-corrected chi connectivity index (χ1v) is 6.00. The van der Waals surface area contributed by atoms with Gasteiger partial charge in [-0.05, 0) is 30.4 Å². The minimum atomic E-state index is -0.343. The summed E-state index contributed by atoms with van der Waals surface area (Å²) in [5.74, 6) is 0.290. The standard InChI is InChI=1S/C15H20O2/c1-5-17-15(16)12(4)14-8-6-13(7-9-14)10-11(2)3/h6-9,11H,4-5,10H2,1-3H3. The van der Waals surface area contributed by atoms with Gasteiger partial charge in [0.2, 0.25) is 0 Å². The van der Waals surface area contributed by atoms with Crippen molar-refractivity contribution in [1.29, 1.82) is 0 Å². The van der Waals surface area contributed by atoms with Gasteiger partial charge >= 0.3 is 5.97 Å². The topological polar surface area (TPSA) is 26.3 Å². The number of ether oxygens (including phenoxy) is 1. The van der Waals surface area contributed by atoms with E-state index in [1.165, 1.54) is 5.56 Å². The van der Waals surface area contributed by atoms with Crippen LogP contribution >= 0.6 is 0 Å². The maximum absolute atomic E-state index is 11.5. The molecule has 1 aromatic rings. The number of hydrogen-bond donors (Lipinski definition) is 0. The lowest BCUT2D eigenvalue weighted by Crippen LogP contribution is -2.05. The Morgan fingerprint density at radius 2 is 1.88 bits per heavy atom. The van der Waals surface area contributed by atoms with Crippen LogP contribution in [0, 0.1) is 5.92 Å². The van der Waals surface area contributed by atoms with Gasteiger partial charge in [-0.15, -0.1) is 0 Å². The molecule has 0 N–H and O–H groups in total. The van der Waals surface area contributed by atoms with Crippen molar-refractivity contribution in [2.75, 3.05) is 6.61 Å². The molecule has 0 spiro atoms. The van der Waals surface area contributed by atoms with Gasteiger partial charge in [0, 0.05) is 0 Å². The van der Waals surface area contributed by atoms with E-state index in [9.17, 15) is 4.79 Å². The minimum Gasteiger partial charge on any atom is -0.462 e. The van der Waals surface area contributed by atoms with Gasteiger partial charge in [-0.3, -0.25) is 0 Å². The van der Waals surface area contributed by atoms with Crippen LogP contribution < -0.4 is 0 Å². The van der Waals surface area contributed by atoms with Crippen LogP contribution in [-0.4, -0.2) is 12.6 Å². The molecular weight excluding hydrogens is 212 g/mol. The summed E-state index contributed by atoms with van der Waals surface area (Å²) in [6, 6.07) is 7.94. The van der Waals surface area contributed by atoms with Crippen LogP contribution in [0.15, 0.2) is 30.8 Å². The average molecular weight is 232 g/mol. The normalized spacial score (nSPS) is 10.4. The average Bonchev–Trinajstić information content (AvgIpc) is 2.28. The molecule has 0 amide bonds. The lowest BCUT2D eigenvalue weighted by atomic mass is 10.00. The van der Waals surface area contributed by atoms with Crippen molar-refractivity contribution in [3.05, 3.63) is 42.0 Å². The zero-order valence-corrected chi connectivity index (χ0v) is 10.8. The van der Waals surface area contributed by atoms with Crippen molar-refractivity contribution >= 4 is 11.5 Å². The van der Waals surface area contributed by atoms with Crippen molar-refractivity contribution in [1.82, 2.24) is 0 Å². The first-order chi connectivity index (χ1) is 8.04. The molecule has 92 valence electrons. The van der Waals surface area contributed by atoms with Crippen LogP contribution in [0.3, 0.4) is 0 Å². The highest BCUT2D eigenvalue weighted by Gasteiger charge is 2.10. The number of carbonyl (C=O) groups excluding carboxylic acids is 1. The molecule has 0 saturated heterocycles. The maximum Gasteiger partial charge on any atom is 0.338 e. The zero-order chi connectivity index (χ0) is 12.8. The lowest BCUT2D eigenvalue weighted by Gasteiger charge is -2.08. The lowest BCUT2D eigenvalue weighted by molar-refractivity contribution is -0.136. The fourth-order valence-electron chi connectivity index (χ4n) is 1.65. The van der Waals surface area contributed by atoms with Crippen molar-refractivity contribution < 1.29 is 9.53 Å². The van der Waals surface area contributed by atoms with E-state index in [1.54, 1.807) is 6.92 Å². The fraction of sp³-hybridized carbons (Fsp3) is 0.400. The van der Waals surface area contributed by atoms with Gasteiger partial charge < -0.3 is 4.74 Å². The third-order valence-corrected chi connectivity index (χ3v) is 2.47. The molecule has 0 aliphatic rings. The summed E-state index contributed by atoms with van der Waals surface area (Å²) in [5, 5.41) is 0. The monoisotopic (exact) mass is 232 g/mol. The number of benzene rings is 1. The van der Waals surface area contributed by atoms with E-state index in [4.69, 9.17) is 4.74 Å². The number of rotatable bonds is 5. The molecule has 0 bridgehead atoms. The van der Waals surface area contributed by atoms with Crippen LogP contribution in [-0.2, 0) is 16.0 Å². The van der Waals surface area contributed by atoms with E-state index >= 15 is 0 Å². The molecule has 0 saturated carbocycles. The summed E-state index contributed by atoms with van der Waals surface area (Å²) in [7, 11) is 0. The van der Waals surface area contributed by atoms with Crippen molar-refractivity contribution in [3.8, 4) is 0 Å². The van der Waals surface area contributed by atoms with Crippen molar-refractivity contribution in [3.63, 3.8) is 0 Å². The van der Waals surface area contributed by atoms with Crippen LogP contribution in [0.25, 0.3) is 5.57 Å². The minimum absolute atomic E-state index is 0.343. The molecular formula is C15H20O2. The molecule has 0 aromatic heterocycles. The molecule has 1 aromatic carbocycles. The van der Waals surface area contributed by atoms with Gasteiger partial charge in [0.1, 0.15) is 0 Å². The van der Waals surface area contributed by atoms with Gasteiger partial charge in [0.25, 0.3) is 0 Å². The first-order valence-electron chi connectivity index (χ1n) is 6.00. The zero-order valence-electron chi connectivity index (χ0n) is 10.8. The molecule has 2 heteroatoms. The first kappa shape index (κ1) is 13.5. The summed E-state index contributed by atoms with van der Waals surface area (Å²) in [4.78, 5) is 11.5. The second-order valence-electron chi connectivity index (χ2n) is 4.49. The van der Waals surface area contributed by atoms with E-state index in [1.807, 2.05) is 24.3 Å². The van der Waals surface area contributed by atoms with E-state index in [-0.39, 0.29) is 5.97 Å². The summed E-state index contributed by atoms with van der Waals surface area (Å²) in [6.07, 6.45) is 1.05. The van der Waals surface area contributed by atoms with Crippen LogP contribution in [0.1, 0.15) is 31.9 Å². The van der Waals surface area contributed by atoms with Crippen molar-refractivity contribution in [2.45, 2.75) is 27.2 Å². The van der Waals surface area contributed by atoms with E-state index < -0.39 is 0 Å². The van der Waals surface area contributed by atoms with Crippen molar-refractivity contribution in [2.24, 2.45) is 5.92 Å². The number of esters is 1. The Bertz CT molecular complexity index is 388. The van der Waals surface area contributed by atoms with E-state index in [2.05, 4.69) is 20.4 Å². The number of hydrogen-bond acceptors (Lipinski definition) is 2. The molecule has 1 rings (SSSR count). The van der Waals surface area contributed by atoms with E-state index in [0.29, 0.717) is 18.1 Å². The third kappa shape index (κ3) is 4.06. The molecule has 0 heterocycles. The smallest absolute Gasteiger partial charge is 0.338 e. The summed E-state index contributed by atoms with van der Waals surface area (Å²) < 4.78 is 4.91. The van der Waals surface area contributed by atoms with Crippen LogP contribution in [0.5, 0.6) is 0 Å². The molecule has 0 fully saturated rings. The quantitative estimate of drug-likeness (QED) is 0.574. The highest BCUT2D eigenvalue weighted by molar-refractivity contribution is 6.15. The predicted molar refractivity (Wildman–Crippen MR) is 70.7 cm³/mol. The molecule has 0 unspecified atom stereocenters. The molecule has 0 aliphatic heterocycles. The summed E-state index contributed by atoms with van der Waals surface area (Å²) in [5.41, 5.74) is 2.53. The van der Waals surface area contributed by atoms with E-state index in [0.717, 1.165) is 12.0 Å². The van der Waals surface area contributed by atoms with Gasteiger partial charge in [-0.1, -0.05) is 44.7 Å². The number of carbonyl (C=O) groups is 1. The molecule has 0 radical (unpaired) electrons. The second-order valence-corrected chi connectivity index (χ2v) is 4.49. The predicted octanol–water partition coefficient (Wildman–Crippen LogP) is 3.46. The maximum atomic E-state index is 11.5. The van der Waals surface area contributed by atoms with Crippen LogP contribution in [0.2, 0.25) is 0 Å². The van der Waals surface area contributed by atoms with Gasteiger partial charge in [-0.25, -0.2) is 4.79 Å². The fourth-order valence-corrected chi connectivity index (χ4v) is 1.65. The third-order valence-electron chi connectivity index (χ3n) is 2.47. The Morgan fingerprint density at radius 1 is 1.29 bits per heavy atom. The Balaban J connectivity index is 2.73. The summed E-state index contributed by atoms with van der Waals surface area (Å²) >= 11 is 0. The molecule has 2 nitrogen and oxygen atoms in total. The summed E-state index contributed by atoms with van der Waals surface area (Å²) in [6.45, 7) is 10.3. The highest BCUT2D eigenvalue weighted by Crippen LogP contribution is 2.16. The van der Waals surface area contributed by atoms with Gasteiger partial charge in [0.15, 0.2) is 0 Å². The largest absolute Gasteiger partial charge is 0.462 e. The molecule has 0 atom stereocenters. The second kappa shape index (κ2) is 6.24. The van der Waals surface area contributed by atoms with Gasteiger partial charge in [-0.2, -0.15) is 0 Å². The van der Waals surface area contributed by atoms with Gasteiger partial charge in [0.05, 0.1) is 12.2 Å². The Morgan fingerprint density at radius 3 is 2.35 bits per heavy atom. The van der Waals surface area contributed by atoms with Crippen LogP contribution in [0.4, 0.5) is 0 Å². The Labute approximate surface area is 103 Å². The molecule has 0 aliphatic carbocycles. The Kier molecular flexibility index (Phi) is 4.95. The Hall–Kier alpha value is -1.57. The molecule has 17 heavy (non-hydrogen) atoms.